The van der Waals surface area contributed by atoms with Crippen molar-refractivity contribution in [1.82, 2.24) is 9.88 Å². The zero-order chi connectivity index (χ0) is 7.56. The smallest absolute Gasteiger partial charge is 0.107 e. The van der Waals surface area contributed by atoms with Crippen LogP contribution in [0.5, 0.6) is 0 Å². The minimum Gasteiger partial charge on any atom is -0.303 e. The van der Waals surface area contributed by atoms with Crippen molar-refractivity contribution < 1.29 is 0 Å². The van der Waals surface area contributed by atoms with Crippen LogP contribution >= 0.6 is 11.3 Å². The van der Waals surface area contributed by atoms with Gasteiger partial charge in [-0.2, -0.15) is 0 Å². The molecule has 2 nitrogen and oxygen atoms in total. The van der Waals surface area contributed by atoms with Crippen LogP contribution in [-0.4, -0.2) is 24.0 Å². The molecular weight excluding hydrogens is 144 g/mol. The fourth-order valence-electron chi connectivity index (χ4n) is 0.745. The highest BCUT2D eigenvalue weighted by molar-refractivity contribution is 7.11. The summed E-state index contributed by atoms with van der Waals surface area (Å²) in [6.45, 7) is 3.04. The van der Waals surface area contributed by atoms with Crippen LogP contribution < -0.4 is 0 Å². The van der Waals surface area contributed by atoms with Gasteiger partial charge >= 0.3 is 0 Å². The van der Waals surface area contributed by atoms with Gasteiger partial charge in [0.2, 0.25) is 0 Å². The van der Waals surface area contributed by atoms with Gasteiger partial charge in [0.1, 0.15) is 5.01 Å². The molecule has 0 saturated heterocycles. The maximum absolute atomic E-state index is 4.23. The van der Waals surface area contributed by atoms with Gasteiger partial charge in [-0.25, -0.2) is 4.98 Å². The van der Waals surface area contributed by atoms with Crippen LogP contribution in [-0.2, 0) is 6.54 Å². The van der Waals surface area contributed by atoms with Crippen molar-refractivity contribution in [3.8, 4) is 0 Å². The van der Waals surface area contributed by atoms with Crippen molar-refractivity contribution in [1.29, 1.82) is 0 Å². The van der Waals surface area contributed by atoms with Gasteiger partial charge in [0.05, 0.1) is 0 Å². The Balaban J connectivity index is 2.58. The van der Waals surface area contributed by atoms with Crippen molar-refractivity contribution >= 4 is 11.3 Å². The average molecular weight is 156 g/mol. The summed E-state index contributed by atoms with van der Waals surface area (Å²) in [7, 11) is 4.10. The van der Waals surface area contributed by atoms with Gasteiger partial charge in [0.25, 0.3) is 0 Å². The molecule has 0 aliphatic rings. The van der Waals surface area contributed by atoms with E-state index in [9.17, 15) is 0 Å². The van der Waals surface area contributed by atoms with E-state index >= 15 is 0 Å². The minimum atomic E-state index is 0.957. The number of hydrogen-bond donors (Lipinski definition) is 0. The Morgan fingerprint density at radius 2 is 2.30 bits per heavy atom. The number of nitrogens with zero attached hydrogens (tertiary/aromatic N) is 2. The number of thiazole rings is 1. The van der Waals surface area contributed by atoms with Gasteiger partial charge in [-0.3, -0.25) is 0 Å². The Kier molecular flexibility index (Phi) is 2.40. The van der Waals surface area contributed by atoms with Crippen molar-refractivity contribution in [3.63, 3.8) is 0 Å². The predicted molar refractivity (Wildman–Crippen MR) is 44.2 cm³/mol. The lowest BCUT2D eigenvalue weighted by Crippen LogP contribution is -2.09. The summed E-state index contributed by atoms with van der Waals surface area (Å²) in [4.78, 5) is 7.64. The minimum absolute atomic E-state index is 0.957. The maximum Gasteiger partial charge on any atom is 0.107 e. The Morgan fingerprint density at radius 1 is 1.60 bits per heavy atom. The van der Waals surface area contributed by atoms with Gasteiger partial charge in [-0.05, 0) is 21.0 Å². The molecule has 1 rings (SSSR count). The molecule has 0 aliphatic heterocycles. The first-order valence-electron chi connectivity index (χ1n) is 3.24. The summed E-state index contributed by atoms with van der Waals surface area (Å²) in [5.41, 5.74) is 0. The topological polar surface area (TPSA) is 16.1 Å². The van der Waals surface area contributed by atoms with Gasteiger partial charge in [-0.15, -0.1) is 11.3 Å². The third-order valence-corrected chi connectivity index (χ3v) is 2.02. The van der Waals surface area contributed by atoms with E-state index in [-0.39, 0.29) is 0 Å². The first-order chi connectivity index (χ1) is 4.68. The summed E-state index contributed by atoms with van der Waals surface area (Å²) >= 11 is 1.76. The highest BCUT2D eigenvalue weighted by Crippen LogP contribution is 2.11. The molecule has 0 atom stereocenters. The van der Waals surface area contributed by atoms with Crippen LogP contribution in [0.1, 0.15) is 9.88 Å². The highest BCUT2D eigenvalue weighted by Gasteiger charge is 1.98. The lowest BCUT2D eigenvalue weighted by atomic mass is 10.6. The quantitative estimate of drug-likeness (QED) is 0.645. The second-order valence-electron chi connectivity index (χ2n) is 2.60. The van der Waals surface area contributed by atoms with Crippen LogP contribution in [0.4, 0.5) is 0 Å². The zero-order valence-electron chi connectivity index (χ0n) is 6.59. The van der Waals surface area contributed by atoms with Crippen LogP contribution in [0.15, 0.2) is 6.20 Å². The van der Waals surface area contributed by atoms with Crippen molar-refractivity contribution in [2.24, 2.45) is 0 Å². The van der Waals surface area contributed by atoms with E-state index < -0.39 is 0 Å². The van der Waals surface area contributed by atoms with E-state index in [1.165, 1.54) is 9.88 Å². The van der Waals surface area contributed by atoms with E-state index in [0.29, 0.717) is 0 Å². The average Bonchev–Trinajstić information content (AvgIpc) is 2.13. The Hall–Kier alpha value is -0.410. The summed E-state index contributed by atoms with van der Waals surface area (Å²) in [6, 6.07) is 0. The second-order valence-corrected chi connectivity index (χ2v) is 3.92. The van der Waals surface area contributed by atoms with E-state index in [1.54, 1.807) is 11.3 Å². The Bertz CT molecular complexity index is 205. The normalized spacial score (nSPS) is 10.8. The number of rotatable bonds is 2. The van der Waals surface area contributed by atoms with Gasteiger partial charge in [-0.1, -0.05) is 0 Å². The Labute approximate surface area is 65.5 Å². The summed E-state index contributed by atoms with van der Waals surface area (Å²) in [5.74, 6) is 0. The lowest BCUT2D eigenvalue weighted by molar-refractivity contribution is 0.401. The molecule has 0 amide bonds. The molecule has 10 heavy (non-hydrogen) atoms. The molecule has 1 heterocycles. The molecule has 56 valence electrons. The molecule has 0 aliphatic carbocycles. The molecule has 0 unspecified atom stereocenters. The molecule has 3 heteroatoms. The summed E-state index contributed by atoms with van der Waals surface area (Å²) in [6.07, 6.45) is 1.92. The van der Waals surface area contributed by atoms with E-state index in [1.807, 2.05) is 6.20 Å². The van der Waals surface area contributed by atoms with Gasteiger partial charge in [0, 0.05) is 17.6 Å². The van der Waals surface area contributed by atoms with Crippen molar-refractivity contribution in [2.45, 2.75) is 13.5 Å². The number of aryl methyl sites for hydroxylation is 1. The molecule has 0 bridgehead atoms. The van der Waals surface area contributed by atoms with Crippen molar-refractivity contribution in [2.75, 3.05) is 14.1 Å². The molecule has 0 saturated carbocycles. The molecule has 1 aromatic heterocycles. The van der Waals surface area contributed by atoms with Crippen LogP contribution in [0.25, 0.3) is 0 Å². The van der Waals surface area contributed by atoms with E-state index in [4.69, 9.17) is 0 Å². The fourth-order valence-corrected chi connectivity index (χ4v) is 1.65. The van der Waals surface area contributed by atoms with Crippen LogP contribution in [0.2, 0.25) is 0 Å². The highest BCUT2D eigenvalue weighted by atomic mass is 32.1. The number of hydrogen-bond acceptors (Lipinski definition) is 3. The molecule has 0 spiro atoms. The lowest BCUT2D eigenvalue weighted by Gasteiger charge is -2.04. The van der Waals surface area contributed by atoms with Crippen molar-refractivity contribution in [3.05, 3.63) is 16.1 Å². The number of aromatic nitrogens is 1. The van der Waals surface area contributed by atoms with Gasteiger partial charge in [0.15, 0.2) is 0 Å². The largest absolute Gasteiger partial charge is 0.303 e. The SMILES string of the molecule is Cc1cnc(CN(C)C)s1. The molecule has 0 N–H and O–H groups in total. The Morgan fingerprint density at radius 3 is 2.70 bits per heavy atom. The standard InChI is InChI=1S/C7H12N2S/c1-6-4-8-7(10-6)5-9(2)3/h4H,5H2,1-3H3. The third kappa shape index (κ3) is 2.08. The van der Waals surface area contributed by atoms with Gasteiger partial charge < -0.3 is 4.90 Å². The van der Waals surface area contributed by atoms with Crippen LogP contribution in [0, 0.1) is 6.92 Å². The molecule has 0 aromatic carbocycles. The molecule has 0 fully saturated rings. The second kappa shape index (κ2) is 3.12. The van der Waals surface area contributed by atoms with E-state index in [2.05, 4.69) is 30.9 Å². The van der Waals surface area contributed by atoms with Crippen LogP contribution in [0.3, 0.4) is 0 Å². The molecular formula is C7H12N2S. The van der Waals surface area contributed by atoms with E-state index in [0.717, 1.165) is 6.54 Å². The fraction of sp³-hybridized carbons (Fsp3) is 0.571. The zero-order valence-corrected chi connectivity index (χ0v) is 7.40. The maximum atomic E-state index is 4.23. The molecule has 1 aromatic rings. The first kappa shape index (κ1) is 7.69. The monoisotopic (exact) mass is 156 g/mol. The summed E-state index contributed by atoms with van der Waals surface area (Å²) < 4.78 is 0. The third-order valence-electron chi connectivity index (χ3n) is 1.12. The molecule has 0 radical (unpaired) electrons. The first-order valence-corrected chi connectivity index (χ1v) is 4.06. The summed E-state index contributed by atoms with van der Waals surface area (Å²) in [5, 5.41) is 1.20. The predicted octanol–water partition coefficient (Wildman–Crippen LogP) is 1.51.